The number of sulfone groups is 1. The second-order valence-corrected chi connectivity index (χ2v) is 19.8. The van der Waals surface area contributed by atoms with Crippen LogP contribution in [0.5, 0.6) is 5.75 Å². The number of alkyl halides is 3. The summed E-state index contributed by atoms with van der Waals surface area (Å²) in [5.74, 6) is 2.57. The van der Waals surface area contributed by atoms with Crippen LogP contribution in [0.3, 0.4) is 0 Å². The minimum atomic E-state index is -4.59. The van der Waals surface area contributed by atoms with Crippen LogP contribution in [-0.4, -0.2) is 110 Å². The monoisotopic (exact) mass is 967 g/mol. The van der Waals surface area contributed by atoms with Crippen LogP contribution in [0.15, 0.2) is 65.8 Å². The van der Waals surface area contributed by atoms with Crippen molar-refractivity contribution in [1.29, 1.82) is 0 Å². The lowest BCUT2D eigenvalue weighted by Gasteiger charge is -2.31. The van der Waals surface area contributed by atoms with Crippen LogP contribution in [-0.2, 0) is 25.5 Å². The van der Waals surface area contributed by atoms with E-state index in [1.807, 2.05) is 23.6 Å². The maximum Gasteiger partial charge on any atom is 0.417 e. The molecule has 0 unspecified atom stereocenters. The number of nitrogens with one attached hydrogen (secondary N) is 3. The lowest BCUT2D eigenvalue weighted by molar-refractivity contribution is -0.137. The number of ether oxygens (including phenoxy) is 3. The highest BCUT2D eigenvalue weighted by atomic mass is 35.5. The average Bonchev–Trinajstić information content (AvgIpc) is 3.31. The number of halogens is 4. The molecule has 3 saturated heterocycles. The van der Waals surface area contributed by atoms with Crippen molar-refractivity contribution in [1.82, 2.24) is 30.2 Å². The summed E-state index contributed by atoms with van der Waals surface area (Å²) >= 11 is 6.42. The SMILES string of the molecule is Cc1cc(Nc2ncc(Cl)c(Nc3ccccc3S(=O)(=O)C(C)C)n2)c(OC(C)C)cc1C1CCNCC1.Nc1cc(C(F)(F)F)c(-c2cc(N3CCOCC3)nc(N3CCOCC3)n2)cn1. The zero-order valence-corrected chi connectivity index (χ0v) is 39.7. The molecule has 0 spiro atoms. The van der Waals surface area contributed by atoms with Gasteiger partial charge in [-0.25, -0.2) is 23.4 Å². The fourth-order valence-corrected chi connectivity index (χ4v) is 9.23. The Morgan fingerprint density at radius 2 is 1.54 bits per heavy atom. The van der Waals surface area contributed by atoms with E-state index < -0.39 is 26.8 Å². The van der Waals surface area contributed by atoms with Crippen molar-refractivity contribution in [2.45, 2.75) is 75.8 Å². The average molecular weight is 969 g/mol. The Labute approximate surface area is 394 Å². The standard InChI is InChI=1S/C28H36ClN5O3S.C18H21F3N6O2/c1-17(2)37-25-15-21(20-10-12-30-13-11-20)19(5)14-24(25)33-28-31-16-22(29)27(34-28)32-23-8-6-7-9-26(23)38(35,36)18(3)4;19-18(20,21)13-9-15(22)23-11-12(13)14-10-16(26-1-5-28-6-2-26)25-17(24-14)27-3-7-29-8-4-27/h6-9,14-18,20,30H,10-13H2,1-5H3,(H2,31,32,33,34);9-11H,1-8H2,(H2,22,23). The van der Waals surface area contributed by atoms with Crippen LogP contribution in [0.2, 0.25) is 5.02 Å². The van der Waals surface area contributed by atoms with Gasteiger partial charge in [0.25, 0.3) is 0 Å². The molecule has 0 amide bonds. The molecule has 5 N–H and O–H groups in total. The second-order valence-electron chi connectivity index (χ2n) is 16.9. The van der Waals surface area contributed by atoms with Gasteiger partial charge in [-0.15, -0.1) is 0 Å². The third kappa shape index (κ3) is 12.3. The highest BCUT2D eigenvalue weighted by Crippen LogP contribution is 2.40. The number of piperidine rings is 1. The van der Waals surface area contributed by atoms with Crippen LogP contribution in [0, 0.1) is 6.92 Å². The molecule has 21 heteroatoms. The van der Waals surface area contributed by atoms with Crippen LogP contribution < -0.4 is 36.2 Å². The third-order valence-corrected chi connectivity index (χ3v) is 13.9. The molecule has 67 heavy (non-hydrogen) atoms. The fraction of sp³-hybridized carbons (Fsp3) is 0.457. The number of nitrogens with zero attached hydrogens (tertiary/aromatic N) is 7. The number of para-hydroxylation sites is 1. The number of hydrogen-bond acceptors (Lipinski definition) is 16. The van der Waals surface area contributed by atoms with Gasteiger partial charge in [0.2, 0.25) is 11.9 Å². The number of hydrogen-bond donors (Lipinski definition) is 4. The Kier molecular flexibility index (Phi) is 15.9. The molecule has 0 atom stereocenters. The third-order valence-electron chi connectivity index (χ3n) is 11.4. The largest absolute Gasteiger partial charge is 0.489 e. The lowest BCUT2D eigenvalue weighted by atomic mass is 9.87. The summed E-state index contributed by atoms with van der Waals surface area (Å²) in [5, 5.41) is 9.51. The topological polar surface area (TPSA) is 195 Å². The van der Waals surface area contributed by atoms with Gasteiger partial charge in [0.15, 0.2) is 15.7 Å². The zero-order chi connectivity index (χ0) is 47.9. The Bertz CT molecular complexity index is 2570. The first-order valence-corrected chi connectivity index (χ1v) is 24.2. The van der Waals surface area contributed by atoms with E-state index in [0.29, 0.717) is 87.7 Å². The van der Waals surface area contributed by atoms with Crippen molar-refractivity contribution in [3.63, 3.8) is 0 Å². The van der Waals surface area contributed by atoms with E-state index >= 15 is 0 Å². The molecule has 3 aromatic heterocycles. The van der Waals surface area contributed by atoms with Crippen LogP contribution in [0.4, 0.5) is 53.9 Å². The minimum Gasteiger partial charge on any atom is -0.489 e. The Morgan fingerprint density at radius 3 is 2.19 bits per heavy atom. The van der Waals surface area contributed by atoms with E-state index in [4.69, 9.17) is 31.5 Å². The Morgan fingerprint density at radius 1 is 0.866 bits per heavy atom. The van der Waals surface area contributed by atoms with Gasteiger partial charge < -0.3 is 45.7 Å². The second kappa shape index (κ2) is 21.6. The smallest absolute Gasteiger partial charge is 0.417 e. The molecule has 16 nitrogen and oxygen atoms in total. The maximum atomic E-state index is 13.6. The summed E-state index contributed by atoms with van der Waals surface area (Å²) < 4.78 is 83.7. The zero-order valence-electron chi connectivity index (χ0n) is 38.2. The van der Waals surface area contributed by atoms with Crippen LogP contribution in [0.1, 0.15) is 63.1 Å². The highest BCUT2D eigenvalue weighted by Gasteiger charge is 2.35. The van der Waals surface area contributed by atoms with Gasteiger partial charge in [-0.1, -0.05) is 23.7 Å². The van der Waals surface area contributed by atoms with Crippen molar-refractivity contribution in [2.24, 2.45) is 0 Å². The number of pyridine rings is 1. The molecule has 5 aromatic rings. The first kappa shape index (κ1) is 49.4. The molecule has 360 valence electrons. The Hall–Kier alpha value is -5.54. The van der Waals surface area contributed by atoms with E-state index in [-0.39, 0.29) is 33.1 Å². The quantitative estimate of drug-likeness (QED) is 0.0934. The Balaban J connectivity index is 0.000000206. The number of aryl methyl sites for hydroxylation is 1. The van der Waals surface area contributed by atoms with Gasteiger partial charge >= 0.3 is 6.18 Å². The number of nitrogens with two attached hydrogens (primary N) is 1. The fourth-order valence-electron chi connectivity index (χ4n) is 7.89. The molecule has 2 aromatic carbocycles. The highest BCUT2D eigenvalue weighted by molar-refractivity contribution is 7.92. The summed E-state index contributed by atoms with van der Waals surface area (Å²) in [6, 6.07) is 13.3. The van der Waals surface area contributed by atoms with Gasteiger partial charge in [-0.3, -0.25) is 0 Å². The van der Waals surface area contributed by atoms with Gasteiger partial charge in [0.05, 0.1) is 71.5 Å². The van der Waals surface area contributed by atoms with Crippen molar-refractivity contribution in [3.8, 4) is 17.0 Å². The van der Waals surface area contributed by atoms with Gasteiger partial charge in [0.1, 0.15) is 22.4 Å². The predicted octanol–water partition coefficient (Wildman–Crippen LogP) is 8.17. The van der Waals surface area contributed by atoms with Gasteiger partial charge in [-0.05, 0) is 108 Å². The molecular formula is C46H57ClF3N11O5S. The molecule has 3 aliphatic rings. The number of aromatic nitrogens is 5. The van der Waals surface area contributed by atoms with Crippen molar-refractivity contribution < 1.29 is 35.8 Å². The summed E-state index contributed by atoms with van der Waals surface area (Å²) in [6.07, 6.45) is 0.193. The summed E-state index contributed by atoms with van der Waals surface area (Å²) in [5.41, 5.74) is 8.30. The van der Waals surface area contributed by atoms with E-state index in [1.54, 1.807) is 44.2 Å². The number of benzene rings is 2. The van der Waals surface area contributed by atoms with E-state index in [2.05, 4.69) is 59.9 Å². The van der Waals surface area contributed by atoms with Crippen LogP contribution in [0.25, 0.3) is 11.3 Å². The summed E-state index contributed by atoms with van der Waals surface area (Å²) in [4.78, 5) is 25.9. The molecular weight excluding hydrogens is 911 g/mol. The van der Waals surface area contributed by atoms with E-state index in [9.17, 15) is 21.6 Å². The van der Waals surface area contributed by atoms with Crippen molar-refractivity contribution >= 4 is 62.2 Å². The molecule has 0 aliphatic carbocycles. The summed E-state index contributed by atoms with van der Waals surface area (Å²) in [6.45, 7) is 15.9. The number of anilines is 7. The molecule has 3 fully saturated rings. The van der Waals surface area contributed by atoms with Crippen molar-refractivity contribution in [2.75, 3.05) is 91.9 Å². The number of rotatable bonds is 12. The maximum absolute atomic E-state index is 13.6. The first-order chi connectivity index (χ1) is 32.0. The lowest BCUT2D eigenvalue weighted by Crippen LogP contribution is -2.39. The molecule has 6 heterocycles. The predicted molar refractivity (Wildman–Crippen MR) is 255 cm³/mol. The van der Waals surface area contributed by atoms with E-state index in [1.165, 1.54) is 17.3 Å². The number of nitrogen functional groups attached to an aromatic ring is 1. The number of morpholine rings is 2. The molecule has 0 radical (unpaired) electrons. The first-order valence-electron chi connectivity index (χ1n) is 22.3. The minimum absolute atomic E-state index is 0.0121. The van der Waals surface area contributed by atoms with Crippen molar-refractivity contribution in [3.05, 3.63) is 82.6 Å². The van der Waals surface area contributed by atoms with Gasteiger partial charge in [-0.2, -0.15) is 23.1 Å². The molecule has 0 saturated carbocycles. The van der Waals surface area contributed by atoms with Crippen LogP contribution >= 0.6 is 11.6 Å². The summed E-state index contributed by atoms with van der Waals surface area (Å²) in [7, 11) is -3.52. The van der Waals surface area contributed by atoms with Gasteiger partial charge in [0, 0.05) is 44.0 Å². The molecule has 3 aliphatic heterocycles. The normalized spacial score (nSPS) is 16.2. The van der Waals surface area contributed by atoms with E-state index in [0.717, 1.165) is 49.6 Å². The molecule has 0 bridgehead atoms. The molecule has 8 rings (SSSR count).